The molecular weight excluding hydrogens is 1350 g/mol. The first kappa shape index (κ1) is 80.1. The Morgan fingerprint density at radius 2 is 0.625 bits per heavy atom. The van der Waals surface area contributed by atoms with E-state index >= 15 is 9.59 Å². The second-order valence-electron chi connectivity index (χ2n) is 32.4. The summed E-state index contributed by atoms with van der Waals surface area (Å²) < 4.78 is 21.4. The molecule has 12 heteroatoms. The number of amides is 2. The van der Waals surface area contributed by atoms with Crippen molar-refractivity contribution in [2.24, 2.45) is 0 Å². The minimum absolute atomic E-state index is 0.0116. The number of fused-ring (bicyclic) bond motifs is 11. The fourth-order valence-electron chi connectivity index (χ4n) is 18.8. The van der Waals surface area contributed by atoms with Crippen LogP contribution in [0.2, 0.25) is 0 Å². The van der Waals surface area contributed by atoms with Crippen LogP contribution in [0.25, 0.3) is 66.2 Å². The Labute approximate surface area is 646 Å². The first-order valence-corrected chi connectivity index (χ1v) is 46.3. The Balaban J connectivity index is 1.07. The van der Waals surface area contributed by atoms with Crippen LogP contribution in [0.15, 0.2) is 59.7 Å². The molecule has 566 valence electrons. The number of rotatable bonds is 53. The number of unbranched alkanes of at least 4 members (excludes halogenated alkanes) is 38. The summed E-state index contributed by atoms with van der Waals surface area (Å²) in [6.45, 7) is 19.5. The lowest BCUT2D eigenvalue weighted by Crippen LogP contribution is -2.30. The number of thiophene rings is 2. The molecule has 0 saturated heterocycles. The number of aromatic nitrogens is 4. The molecule has 0 spiro atoms. The van der Waals surface area contributed by atoms with Crippen molar-refractivity contribution < 1.29 is 9.59 Å². The van der Waals surface area contributed by atoms with Gasteiger partial charge in [0.05, 0.1) is 55.8 Å². The van der Waals surface area contributed by atoms with Gasteiger partial charge in [-0.2, -0.15) is 17.5 Å². The number of nitrogens with zero attached hydrogens (tertiary/aromatic N) is 6. The van der Waals surface area contributed by atoms with E-state index in [1.165, 1.54) is 322 Å². The van der Waals surface area contributed by atoms with Gasteiger partial charge in [-0.05, 0) is 134 Å². The van der Waals surface area contributed by atoms with Crippen LogP contribution < -0.4 is 0 Å². The molecule has 6 heterocycles. The number of hydrogen-bond donors (Lipinski definition) is 0. The summed E-state index contributed by atoms with van der Waals surface area (Å²) in [5.74, 6) is -0.0231. The van der Waals surface area contributed by atoms with Crippen molar-refractivity contribution in [3.05, 3.63) is 102 Å². The number of benzene rings is 3. The lowest BCUT2D eigenvalue weighted by atomic mass is 9.68. The second-order valence-corrected chi connectivity index (χ2v) is 35.8. The lowest BCUT2D eigenvalue weighted by Gasteiger charge is -2.35. The van der Waals surface area contributed by atoms with Crippen molar-refractivity contribution in [3.63, 3.8) is 0 Å². The number of carbonyl (C=O) groups excluding carboxylic acids is 2. The summed E-state index contributed by atoms with van der Waals surface area (Å²) in [6.07, 6.45) is 59.6. The third-order valence-electron chi connectivity index (χ3n) is 24.6. The molecule has 0 unspecified atom stereocenters. The Kier molecular flexibility index (Phi) is 31.2. The van der Waals surface area contributed by atoms with Gasteiger partial charge in [-0.3, -0.25) is 9.59 Å². The summed E-state index contributed by atoms with van der Waals surface area (Å²) in [5.41, 5.74) is 20.6. The SMILES string of the molecule is CCCCCCCCCCC1(CCCCCCCCCC)c2cc3c(cc2-c2c1cc(C)c1nsnc21)C(CCCCCCCCCC)(CCCCCCCCCC)c1cc(-c2ccc(C4=C5C(=O)N(CCCCCCCC)C(c6ccc(C)s6)=C5C(=O)N4CCCCCCCC)s2)c2nsnc2c1-3. The van der Waals surface area contributed by atoms with E-state index < -0.39 is 0 Å². The van der Waals surface area contributed by atoms with Gasteiger partial charge in [0, 0.05) is 50.4 Å². The summed E-state index contributed by atoms with van der Waals surface area (Å²) in [5, 5.41) is 0. The van der Waals surface area contributed by atoms with Gasteiger partial charge in [0.25, 0.3) is 11.8 Å². The Morgan fingerprint density at radius 3 is 1.01 bits per heavy atom. The molecule has 3 aromatic carbocycles. The fraction of sp³-hybridized carbons (Fsp3) is 0.652. The third kappa shape index (κ3) is 18.4. The second kappa shape index (κ2) is 40.5. The predicted octanol–water partition coefficient (Wildman–Crippen LogP) is 29.3. The molecule has 0 fully saturated rings. The zero-order valence-electron chi connectivity index (χ0n) is 66.1. The van der Waals surface area contributed by atoms with Gasteiger partial charge in [-0.25, -0.2) is 0 Å². The van der Waals surface area contributed by atoms with Crippen LogP contribution in [0, 0.1) is 13.8 Å². The quantitative estimate of drug-likeness (QED) is 0.0353. The van der Waals surface area contributed by atoms with E-state index in [0.29, 0.717) is 24.2 Å². The molecule has 7 aromatic rings. The molecule has 8 nitrogen and oxygen atoms in total. The Bertz CT molecular complexity index is 3910. The topological polar surface area (TPSA) is 92.2 Å². The van der Waals surface area contributed by atoms with Gasteiger partial charge in [0.2, 0.25) is 0 Å². The van der Waals surface area contributed by atoms with Crippen molar-refractivity contribution in [1.29, 1.82) is 0 Å². The first-order chi connectivity index (χ1) is 51.1. The van der Waals surface area contributed by atoms with Crippen LogP contribution in [-0.4, -0.2) is 52.2 Å². The van der Waals surface area contributed by atoms with Crippen LogP contribution >= 0.6 is 46.1 Å². The molecule has 2 amide bonds. The maximum absolute atomic E-state index is 15.7. The van der Waals surface area contributed by atoms with Gasteiger partial charge in [-0.15, -0.1) is 22.7 Å². The van der Waals surface area contributed by atoms with E-state index in [2.05, 4.69) is 104 Å². The van der Waals surface area contributed by atoms with E-state index in [1.807, 2.05) is 9.80 Å². The average molecular weight is 1480 g/mol. The molecule has 4 aromatic heterocycles. The minimum atomic E-state index is -0.260. The molecule has 2 aliphatic carbocycles. The summed E-state index contributed by atoms with van der Waals surface area (Å²) >= 11 is 6.25. The Morgan fingerprint density at radius 1 is 0.317 bits per heavy atom. The minimum Gasteiger partial charge on any atom is -0.306 e. The standard InChI is InChI=1S/C92H132N6O2S4/c1-9-15-21-27-33-37-41-47-57-91(58-48-42-38-34-28-22-16-10-2)72-65-70-73(64-69(72)79-74(91)63-67(7)83-85(79)95-103-93-83)92(59-49-43-39-35-29-23-17-11-3,60-50-44-40-36-30-24-18-12-4)75-66-71(84-86(80(70)75)96-104-94-84)76-55-56-78(102-76)88-82-81(89(99)98(88)62-52-46-32-26-20-14-6)87(77-54-53-68(8)101-77)97(90(82)100)61-51-45-31-25-19-13-5/h53-56,63-66H,9-52,57-62H2,1-8H3. The highest BCUT2D eigenvalue weighted by Crippen LogP contribution is 2.64. The predicted molar refractivity (Wildman–Crippen MR) is 451 cm³/mol. The smallest absolute Gasteiger partial charge is 0.261 e. The van der Waals surface area contributed by atoms with Gasteiger partial charge < -0.3 is 9.80 Å². The monoisotopic (exact) mass is 1480 g/mol. The van der Waals surface area contributed by atoms with Crippen LogP contribution in [0.1, 0.15) is 392 Å². The van der Waals surface area contributed by atoms with Crippen molar-refractivity contribution in [3.8, 4) is 32.7 Å². The van der Waals surface area contributed by atoms with Crippen molar-refractivity contribution in [2.45, 2.75) is 374 Å². The highest BCUT2D eigenvalue weighted by Gasteiger charge is 2.52. The number of hydrogen-bond acceptors (Lipinski definition) is 10. The number of carbonyl (C=O) groups is 2. The summed E-state index contributed by atoms with van der Waals surface area (Å²) in [7, 11) is 0. The lowest BCUT2D eigenvalue weighted by molar-refractivity contribution is -0.124. The van der Waals surface area contributed by atoms with Gasteiger partial charge in [-0.1, -0.05) is 317 Å². The highest BCUT2D eigenvalue weighted by molar-refractivity contribution is 7.16. The van der Waals surface area contributed by atoms with E-state index in [0.717, 1.165) is 118 Å². The first-order valence-electron chi connectivity index (χ1n) is 43.2. The van der Waals surface area contributed by atoms with Crippen LogP contribution in [0.3, 0.4) is 0 Å². The van der Waals surface area contributed by atoms with Crippen LogP contribution in [-0.2, 0) is 20.4 Å². The van der Waals surface area contributed by atoms with E-state index in [4.69, 9.17) is 17.5 Å². The molecule has 0 atom stereocenters. The maximum Gasteiger partial charge on any atom is 0.261 e. The largest absolute Gasteiger partial charge is 0.306 e. The summed E-state index contributed by atoms with van der Waals surface area (Å²) in [4.78, 5) is 39.7. The molecule has 0 N–H and O–H groups in total. The van der Waals surface area contributed by atoms with Crippen LogP contribution in [0.4, 0.5) is 0 Å². The molecular formula is C92H132N6O2S4. The van der Waals surface area contributed by atoms with Crippen molar-refractivity contribution in [1.82, 2.24) is 27.3 Å². The number of aryl methyl sites for hydroxylation is 2. The molecule has 0 bridgehead atoms. The molecule has 0 radical (unpaired) electrons. The molecule has 2 aliphatic heterocycles. The van der Waals surface area contributed by atoms with Gasteiger partial charge in [0.1, 0.15) is 22.1 Å². The normalized spacial score (nSPS) is 15.0. The zero-order chi connectivity index (χ0) is 72.7. The fourth-order valence-corrected chi connectivity index (χ4v) is 22.0. The van der Waals surface area contributed by atoms with Gasteiger partial charge in [0.15, 0.2) is 0 Å². The average Bonchev–Trinajstić information content (AvgIpc) is 1.51. The van der Waals surface area contributed by atoms with Crippen molar-refractivity contribution in [2.75, 3.05) is 13.1 Å². The van der Waals surface area contributed by atoms with Gasteiger partial charge >= 0.3 is 0 Å². The van der Waals surface area contributed by atoms with Crippen LogP contribution in [0.5, 0.6) is 0 Å². The summed E-state index contributed by atoms with van der Waals surface area (Å²) in [6, 6.07) is 19.7. The third-order valence-corrected chi connectivity index (χ3v) is 27.8. The molecule has 104 heavy (non-hydrogen) atoms. The molecule has 0 saturated carbocycles. The van der Waals surface area contributed by atoms with E-state index in [-0.39, 0.29) is 22.6 Å². The maximum atomic E-state index is 15.7. The molecule has 11 rings (SSSR count). The van der Waals surface area contributed by atoms with E-state index in [1.54, 1.807) is 22.7 Å². The zero-order valence-corrected chi connectivity index (χ0v) is 69.4. The Hall–Kier alpha value is -4.88. The van der Waals surface area contributed by atoms with Crippen molar-refractivity contribution >= 4 is 91.4 Å². The molecule has 4 aliphatic rings. The van der Waals surface area contributed by atoms with E-state index in [9.17, 15) is 0 Å². The highest BCUT2D eigenvalue weighted by atomic mass is 32.1.